The van der Waals surface area contributed by atoms with E-state index >= 15 is 0 Å². The van der Waals surface area contributed by atoms with Crippen molar-refractivity contribution in [3.8, 4) is 0 Å². The smallest absolute Gasteiger partial charge is 0.235 e. The molecule has 0 radical (unpaired) electrons. The predicted octanol–water partition coefficient (Wildman–Crippen LogP) is 3.97. The molecule has 3 aromatic carbocycles. The molecule has 4 aliphatic rings. The summed E-state index contributed by atoms with van der Waals surface area (Å²) >= 11 is 0. The zero-order chi connectivity index (χ0) is 21.3. The summed E-state index contributed by atoms with van der Waals surface area (Å²) in [6.45, 7) is 2.13. The Morgan fingerprint density at radius 3 is 1.97 bits per heavy atom. The molecule has 2 bridgehead atoms. The zero-order valence-corrected chi connectivity index (χ0v) is 17.6. The van der Waals surface area contributed by atoms with Crippen molar-refractivity contribution in [2.45, 2.75) is 24.4 Å². The van der Waals surface area contributed by atoms with Gasteiger partial charge in [0.05, 0.1) is 17.4 Å². The monoisotopic (exact) mass is 408 g/mol. The fourth-order valence-electron chi connectivity index (χ4n) is 6.33. The van der Waals surface area contributed by atoms with Gasteiger partial charge in [-0.15, -0.1) is 0 Å². The molecule has 7 rings (SSSR count). The SMILES string of the molecule is C[C@@H](NC12c3ccccc3C(c3ccccc31)[C@H]1C(=O)N(C)C(=O)[C@H]12)c1ccccc1. The number of imide groups is 1. The predicted molar refractivity (Wildman–Crippen MR) is 118 cm³/mol. The van der Waals surface area contributed by atoms with Crippen molar-refractivity contribution >= 4 is 11.8 Å². The van der Waals surface area contributed by atoms with E-state index in [1.165, 1.54) is 4.90 Å². The minimum absolute atomic E-state index is 0.00794. The lowest BCUT2D eigenvalue weighted by Gasteiger charge is -2.55. The molecule has 0 saturated carbocycles. The van der Waals surface area contributed by atoms with Crippen LogP contribution in [0.25, 0.3) is 0 Å². The Morgan fingerprint density at radius 2 is 1.35 bits per heavy atom. The second kappa shape index (κ2) is 6.38. The molecular weight excluding hydrogens is 384 g/mol. The van der Waals surface area contributed by atoms with Crippen molar-refractivity contribution in [3.05, 3.63) is 107 Å². The van der Waals surface area contributed by atoms with Gasteiger partial charge in [-0.3, -0.25) is 19.8 Å². The summed E-state index contributed by atoms with van der Waals surface area (Å²) in [5, 5.41) is 3.89. The minimum Gasteiger partial charge on any atom is -0.296 e. The van der Waals surface area contributed by atoms with Crippen LogP contribution in [-0.4, -0.2) is 23.8 Å². The summed E-state index contributed by atoms with van der Waals surface area (Å²) in [5.74, 6) is -1.07. The fraction of sp³-hybridized carbons (Fsp3) is 0.259. The average molecular weight is 409 g/mol. The number of hydrogen-bond acceptors (Lipinski definition) is 3. The normalized spacial score (nSPS) is 28.8. The molecule has 31 heavy (non-hydrogen) atoms. The highest BCUT2D eigenvalue weighted by Crippen LogP contribution is 2.63. The summed E-state index contributed by atoms with van der Waals surface area (Å²) in [4.78, 5) is 28.2. The molecule has 1 N–H and O–H groups in total. The maximum absolute atomic E-state index is 13.5. The van der Waals surface area contributed by atoms with Gasteiger partial charge in [0, 0.05) is 19.0 Å². The van der Waals surface area contributed by atoms with Crippen molar-refractivity contribution in [2.75, 3.05) is 7.05 Å². The van der Waals surface area contributed by atoms with E-state index in [1.807, 2.05) is 42.5 Å². The van der Waals surface area contributed by atoms with Crippen LogP contribution < -0.4 is 5.32 Å². The van der Waals surface area contributed by atoms with E-state index in [1.54, 1.807) is 7.05 Å². The van der Waals surface area contributed by atoms with Gasteiger partial charge in [0.25, 0.3) is 0 Å². The first-order chi connectivity index (χ1) is 15.1. The van der Waals surface area contributed by atoms with E-state index in [0.717, 1.165) is 27.8 Å². The van der Waals surface area contributed by atoms with Crippen LogP contribution in [0.15, 0.2) is 78.9 Å². The third-order valence-corrected chi connectivity index (χ3v) is 7.58. The second-order valence-corrected chi connectivity index (χ2v) is 8.98. The lowest BCUT2D eigenvalue weighted by Crippen LogP contribution is -2.61. The van der Waals surface area contributed by atoms with Crippen LogP contribution in [0.2, 0.25) is 0 Å². The number of nitrogens with zero attached hydrogens (tertiary/aromatic N) is 1. The molecular formula is C27H24N2O2. The van der Waals surface area contributed by atoms with Crippen molar-refractivity contribution < 1.29 is 9.59 Å². The quantitative estimate of drug-likeness (QED) is 0.667. The fourth-order valence-corrected chi connectivity index (χ4v) is 6.33. The largest absolute Gasteiger partial charge is 0.296 e. The van der Waals surface area contributed by atoms with Crippen LogP contribution in [0.1, 0.15) is 46.7 Å². The Kier molecular flexibility index (Phi) is 3.81. The molecule has 4 heteroatoms. The van der Waals surface area contributed by atoms with Crippen LogP contribution in [0.3, 0.4) is 0 Å². The van der Waals surface area contributed by atoms with Gasteiger partial charge in [0.15, 0.2) is 0 Å². The summed E-state index contributed by atoms with van der Waals surface area (Å²) in [6.07, 6.45) is 0. The number of carbonyl (C=O) groups is 2. The van der Waals surface area contributed by atoms with Gasteiger partial charge in [-0.1, -0.05) is 78.9 Å². The number of amides is 2. The lowest BCUT2D eigenvalue weighted by atomic mass is 9.51. The summed E-state index contributed by atoms with van der Waals surface area (Å²) in [5.41, 5.74) is 4.97. The second-order valence-electron chi connectivity index (χ2n) is 8.98. The molecule has 0 unspecified atom stereocenters. The van der Waals surface area contributed by atoms with E-state index in [9.17, 15) is 9.59 Å². The van der Waals surface area contributed by atoms with E-state index in [4.69, 9.17) is 0 Å². The van der Waals surface area contributed by atoms with Crippen LogP contribution in [0, 0.1) is 11.8 Å². The first-order valence-electron chi connectivity index (χ1n) is 10.9. The first-order valence-corrected chi connectivity index (χ1v) is 10.9. The lowest BCUT2D eigenvalue weighted by molar-refractivity contribution is -0.138. The van der Waals surface area contributed by atoms with Gasteiger partial charge in [0.2, 0.25) is 11.8 Å². The maximum Gasteiger partial charge on any atom is 0.235 e. The molecule has 3 aliphatic carbocycles. The number of hydrogen-bond donors (Lipinski definition) is 1. The Hall–Kier alpha value is -3.24. The van der Waals surface area contributed by atoms with Crippen molar-refractivity contribution in [3.63, 3.8) is 0 Å². The number of carbonyl (C=O) groups excluding carboxylic acids is 2. The average Bonchev–Trinajstić information content (AvgIpc) is 3.05. The Bertz CT molecular complexity index is 1170. The van der Waals surface area contributed by atoms with Gasteiger partial charge in [-0.05, 0) is 34.7 Å². The van der Waals surface area contributed by atoms with Crippen LogP contribution in [-0.2, 0) is 15.1 Å². The Morgan fingerprint density at radius 1 is 0.806 bits per heavy atom. The van der Waals surface area contributed by atoms with E-state index < -0.39 is 11.5 Å². The van der Waals surface area contributed by atoms with Crippen LogP contribution in [0.5, 0.6) is 0 Å². The molecule has 154 valence electrons. The summed E-state index contributed by atoms with van der Waals surface area (Å²) in [6, 6.07) is 27.0. The van der Waals surface area contributed by atoms with Gasteiger partial charge >= 0.3 is 0 Å². The number of nitrogens with one attached hydrogen (secondary N) is 1. The molecule has 3 atom stereocenters. The third kappa shape index (κ3) is 2.23. The highest BCUT2D eigenvalue weighted by molar-refractivity contribution is 6.08. The summed E-state index contributed by atoms with van der Waals surface area (Å²) < 4.78 is 0. The van der Waals surface area contributed by atoms with E-state index in [0.29, 0.717) is 0 Å². The Labute approximate surface area is 181 Å². The molecule has 1 fully saturated rings. The van der Waals surface area contributed by atoms with Gasteiger partial charge in [-0.2, -0.15) is 0 Å². The molecule has 1 saturated heterocycles. The van der Waals surface area contributed by atoms with Crippen molar-refractivity contribution in [1.29, 1.82) is 0 Å². The van der Waals surface area contributed by atoms with Crippen LogP contribution >= 0.6 is 0 Å². The molecule has 1 heterocycles. The molecule has 2 amide bonds. The number of benzene rings is 3. The standard InChI is InChI=1S/C27H24N2O2/c1-16(17-10-4-3-5-11-17)28-27-20-14-8-6-12-18(20)22(19-13-7-9-15-21(19)27)23-24(27)26(31)29(2)25(23)30/h3-16,22-24,28H,1-2H3/t16-,22?,23-,24+,27?/m1/s1. The molecule has 0 spiro atoms. The topological polar surface area (TPSA) is 49.4 Å². The van der Waals surface area contributed by atoms with Gasteiger partial charge in [-0.25, -0.2) is 0 Å². The molecule has 3 aromatic rings. The van der Waals surface area contributed by atoms with Gasteiger partial charge < -0.3 is 0 Å². The van der Waals surface area contributed by atoms with E-state index in [2.05, 4.69) is 48.6 Å². The zero-order valence-electron chi connectivity index (χ0n) is 17.6. The highest BCUT2D eigenvalue weighted by atomic mass is 16.2. The van der Waals surface area contributed by atoms with Crippen molar-refractivity contribution in [1.82, 2.24) is 10.2 Å². The van der Waals surface area contributed by atoms with Crippen LogP contribution in [0.4, 0.5) is 0 Å². The first kappa shape index (κ1) is 18.5. The third-order valence-electron chi connectivity index (χ3n) is 7.58. The maximum atomic E-state index is 13.5. The molecule has 4 nitrogen and oxygen atoms in total. The molecule has 0 aromatic heterocycles. The highest BCUT2D eigenvalue weighted by Gasteiger charge is 2.67. The van der Waals surface area contributed by atoms with Gasteiger partial charge in [0.1, 0.15) is 0 Å². The van der Waals surface area contributed by atoms with Crippen molar-refractivity contribution in [2.24, 2.45) is 11.8 Å². The molecule has 1 aliphatic heterocycles. The number of rotatable bonds is 3. The van der Waals surface area contributed by atoms with E-state index in [-0.39, 0.29) is 29.7 Å². The Balaban J connectivity index is 1.65. The summed E-state index contributed by atoms with van der Waals surface area (Å²) in [7, 11) is 1.63. The number of likely N-dealkylation sites (tertiary alicyclic amines) is 1. The minimum atomic E-state index is -0.751.